The SMILES string of the molecule is CC(C)(O)c1csc(SN)c1.CN.O=CCc1c(-c2cncs2)ccc2c1CCC2. The Morgan fingerprint density at radius 2 is 2.03 bits per heavy atom. The van der Waals surface area contributed by atoms with Gasteiger partial charge in [-0.1, -0.05) is 12.1 Å². The Morgan fingerprint density at radius 3 is 2.57 bits per heavy atom. The zero-order valence-electron chi connectivity index (χ0n) is 17.6. The van der Waals surface area contributed by atoms with E-state index in [1.165, 1.54) is 47.7 Å². The molecular formula is C22H29N3O2S3. The molecule has 0 aliphatic heterocycles. The molecule has 0 saturated carbocycles. The number of fused-ring (bicyclic) bond motifs is 1. The first-order chi connectivity index (χ1) is 14.4. The Bertz CT molecular complexity index is 932. The molecule has 0 unspecified atom stereocenters. The Balaban J connectivity index is 0.000000215. The Hall–Kier alpha value is -1.55. The molecule has 0 amide bonds. The van der Waals surface area contributed by atoms with Gasteiger partial charge in [0.25, 0.3) is 0 Å². The highest BCUT2D eigenvalue weighted by molar-refractivity contribution is 7.99. The van der Waals surface area contributed by atoms with E-state index >= 15 is 0 Å². The zero-order chi connectivity index (χ0) is 22.1. The van der Waals surface area contributed by atoms with E-state index in [9.17, 15) is 9.90 Å². The summed E-state index contributed by atoms with van der Waals surface area (Å²) in [5.41, 5.74) is 11.8. The molecule has 1 aliphatic carbocycles. The van der Waals surface area contributed by atoms with Gasteiger partial charge in [-0.25, -0.2) is 0 Å². The van der Waals surface area contributed by atoms with Gasteiger partial charge in [0.1, 0.15) is 6.29 Å². The molecule has 0 saturated heterocycles. The van der Waals surface area contributed by atoms with E-state index in [0.717, 1.165) is 33.8 Å². The van der Waals surface area contributed by atoms with Crippen LogP contribution in [0.3, 0.4) is 0 Å². The largest absolute Gasteiger partial charge is 0.386 e. The summed E-state index contributed by atoms with van der Waals surface area (Å²) in [5.74, 6) is 0. The van der Waals surface area contributed by atoms with Crippen LogP contribution in [0, 0.1) is 0 Å². The van der Waals surface area contributed by atoms with Crippen LogP contribution in [0.5, 0.6) is 0 Å². The van der Waals surface area contributed by atoms with Crippen LogP contribution in [0.1, 0.15) is 42.5 Å². The number of thiazole rings is 1. The van der Waals surface area contributed by atoms with Crippen molar-refractivity contribution in [1.82, 2.24) is 4.98 Å². The number of carbonyl (C=O) groups is 1. The molecular weight excluding hydrogens is 434 g/mol. The van der Waals surface area contributed by atoms with Crippen molar-refractivity contribution in [2.24, 2.45) is 10.9 Å². The van der Waals surface area contributed by atoms with Gasteiger partial charge in [-0.05, 0) is 91.4 Å². The number of aldehydes is 1. The van der Waals surface area contributed by atoms with Gasteiger partial charge < -0.3 is 15.6 Å². The third-order valence-corrected chi connectivity index (χ3v) is 7.24. The van der Waals surface area contributed by atoms with Gasteiger partial charge in [-0.2, -0.15) is 0 Å². The highest BCUT2D eigenvalue weighted by atomic mass is 32.2. The summed E-state index contributed by atoms with van der Waals surface area (Å²) in [6, 6.07) is 6.28. The minimum Gasteiger partial charge on any atom is -0.386 e. The fourth-order valence-electron chi connectivity index (χ4n) is 3.34. The van der Waals surface area contributed by atoms with Crippen molar-refractivity contribution in [2.75, 3.05) is 7.05 Å². The minimum atomic E-state index is -0.746. The van der Waals surface area contributed by atoms with E-state index in [2.05, 4.69) is 22.9 Å². The molecule has 8 heteroatoms. The molecule has 5 nitrogen and oxygen atoms in total. The number of hydrogen-bond donors (Lipinski definition) is 3. The van der Waals surface area contributed by atoms with Crippen molar-refractivity contribution in [2.45, 2.75) is 49.3 Å². The molecule has 0 fully saturated rings. The molecule has 0 bridgehead atoms. The van der Waals surface area contributed by atoms with Crippen LogP contribution in [0.15, 0.2) is 39.5 Å². The van der Waals surface area contributed by atoms with E-state index < -0.39 is 5.60 Å². The molecule has 30 heavy (non-hydrogen) atoms. The third kappa shape index (κ3) is 6.23. The smallest absolute Gasteiger partial charge is 0.124 e. The Kier molecular flexibility index (Phi) is 9.67. The van der Waals surface area contributed by atoms with Gasteiger partial charge in [0.05, 0.1) is 20.2 Å². The van der Waals surface area contributed by atoms with Gasteiger partial charge in [0, 0.05) is 12.6 Å². The molecule has 0 radical (unpaired) electrons. The molecule has 2 heterocycles. The van der Waals surface area contributed by atoms with Gasteiger partial charge in [-0.3, -0.25) is 10.1 Å². The quantitative estimate of drug-likeness (QED) is 0.379. The second kappa shape index (κ2) is 11.7. The van der Waals surface area contributed by atoms with E-state index in [4.69, 9.17) is 5.14 Å². The summed E-state index contributed by atoms with van der Waals surface area (Å²) in [6.45, 7) is 3.53. The second-order valence-electron chi connectivity index (χ2n) is 7.15. The van der Waals surface area contributed by atoms with Crippen molar-refractivity contribution < 1.29 is 9.90 Å². The zero-order valence-corrected chi connectivity index (χ0v) is 20.0. The Morgan fingerprint density at radius 1 is 1.27 bits per heavy atom. The number of aliphatic hydroxyl groups is 1. The van der Waals surface area contributed by atoms with Crippen LogP contribution in [0.2, 0.25) is 0 Å². The number of rotatable bonds is 5. The molecule has 1 aliphatic rings. The number of aromatic nitrogens is 1. The predicted octanol–water partition coefficient (Wildman–Crippen LogP) is 4.56. The fourth-order valence-corrected chi connectivity index (χ4v) is 5.37. The maximum absolute atomic E-state index is 10.9. The lowest BCUT2D eigenvalue weighted by Gasteiger charge is -2.14. The molecule has 0 spiro atoms. The molecule has 0 atom stereocenters. The number of nitrogens with zero attached hydrogens (tertiary/aromatic N) is 1. The molecule has 162 valence electrons. The van der Waals surface area contributed by atoms with Crippen molar-refractivity contribution in [3.05, 3.63) is 57.5 Å². The van der Waals surface area contributed by atoms with Crippen LogP contribution in [0.4, 0.5) is 0 Å². The number of thiophene rings is 1. The first-order valence-corrected chi connectivity index (χ1v) is 12.3. The molecule has 3 aromatic rings. The molecule has 2 aromatic heterocycles. The van der Waals surface area contributed by atoms with E-state index in [1.807, 2.05) is 23.2 Å². The van der Waals surface area contributed by atoms with Crippen LogP contribution >= 0.6 is 34.6 Å². The van der Waals surface area contributed by atoms with E-state index in [1.54, 1.807) is 36.5 Å². The summed E-state index contributed by atoms with van der Waals surface area (Å²) >= 11 is 4.40. The number of nitrogens with two attached hydrogens (primary N) is 2. The summed E-state index contributed by atoms with van der Waals surface area (Å²) < 4.78 is 1.03. The van der Waals surface area contributed by atoms with Gasteiger partial charge in [0.15, 0.2) is 0 Å². The summed E-state index contributed by atoms with van der Waals surface area (Å²) in [5, 5.41) is 16.8. The summed E-state index contributed by atoms with van der Waals surface area (Å²) in [7, 11) is 1.50. The van der Waals surface area contributed by atoms with E-state index in [-0.39, 0.29) is 0 Å². The first-order valence-electron chi connectivity index (χ1n) is 9.66. The number of benzene rings is 1. The van der Waals surface area contributed by atoms with Crippen molar-refractivity contribution in [3.8, 4) is 10.4 Å². The topological polar surface area (TPSA) is 102 Å². The monoisotopic (exact) mass is 463 g/mol. The number of carbonyl (C=O) groups excluding carboxylic acids is 1. The van der Waals surface area contributed by atoms with Gasteiger partial charge in [0.2, 0.25) is 0 Å². The lowest BCUT2D eigenvalue weighted by Crippen LogP contribution is -2.13. The third-order valence-electron chi connectivity index (χ3n) is 4.78. The maximum atomic E-state index is 10.9. The maximum Gasteiger partial charge on any atom is 0.124 e. The van der Waals surface area contributed by atoms with Crippen LogP contribution < -0.4 is 10.9 Å². The van der Waals surface area contributed by atoms with E-state index in [0.29, 0.717) is 6.42 Å². The second-order valence-corrected chi connectivity index (χ2v) is 9.88. The van der Waals surface area contributed by atoms with Crippen LogP contribution in [-0.2, 0) is 29.7 Å². The predicted molar refractivity (Wildman–Crippen MR) is 129 cm³/mol. The van der Waals surface area contributed by atoms with Gasteiger partial charge in [-0.15, -0.1) is 22.7 Å². The average molecular weight is 464 g/mol. The highest BCUT2D eigenvalue weighted by Gasteiger charge is 2.19. The summed E-state index contributed by atoms with van der Waals surface area (Å²) in [6.07, 6.45) is 6.91. The van der Waals surface area contributed by atoms with Crippen LogP contribution in [-0.4, -0.2) is 23.4 Å². The lowest BCUT2D eigenvalue weighted by molar-refractivity contribution is -0.107. The Labute approximate surface area is 190 Å². The molecule has 1 aromatic carbocycles. The fraction of sp³-hybridized carbons (Fsp3) is 0.364. The van der Waals surface area contributed by atoms with Crippen molar-refractivity contribution in [3.63, 3.8) is 0 Å². The number of aryl methyl sites for hydroxylation is 1. The number of hydrogen-bond acceptors (Lipinski definition) is 8. The normalized spacial score (nSPS) is 12.3. The van der Waals surface area contributed by atoms with Crippen LogP contribution in [0.25, 0.3) is 10.4 Å². The average Bonchev–Trinajstić information content (AvgIpc) is 3.50. The first kappa shape index (κ1) is 24.7. The standard InChI is InChI=1S/C14H13NOS.C7H11NOS2.CH5N/c16-7-6-12-11-3-1-2-10(11)4-5-13(12)14-8-15-9-17-14;1-7(2,9)5-3-6(11-8)10-4-5;1-2/h4-5,7-9H,1-3,6H2;3-4,9H,8H2,1-2H3;2H2,1H3. The molecule has 5 N–H and O–H groups in total. The molecule has 4 rings (SSSR count). The van der Waals surface area contributed by atoms with Crippen molar-refractivity contribution >= 4 is 40.9 Å². The highest BCUT2D eigenvalue weighted by Crippen LogP contribution is 2.35. The van der Waals surface area contributed by atoms with Gasteiger partial charge >= 0.3 is 0 Å². The summed E-state index contributed by atoms with van der Waals surface area (Å²) in [4.78, 5) is 16.2. The lowest BCUT2D eigenvalue weighted by atomic mass is 9.95. The minimum absolute atomic E-state index is 0.524. The van der Waals surface area contributed by atoms with Crippen molar-refractivity contribution in [1.29, 1.82) is 0 Å².